The van der Waals surface area contributed by atoms with Crippen LogP contribution >= 0.6 is 0 Å². The standard InChI is InChI=1S/C10H13FN2O/c11-5-6-14-9-3-1-8(2-4-9)7-10(12)13/h1-4H,5-7H2,(H3,12,13). The van der Waals surface area contributed by atoms with Gasteiger partial charge in [-0.2, -0.15) is 0 Å². The first kappa shape index (κ1) is 10.5. The lowest BCUT2D eigenvalue weighted by molar-refractivity contribution is 0.273. The van der Waals surface area contributed by atoms with Gasteiger partial charge in [-0.05, 0) is 17.7 Å². The van der Waals surface area contributed by atoms with Crippen molar-refractivity contribution < 1.29 is 9.13 Å². The Morgan fingerprint density at radius 2 is 2.00 bits per heavy atom. The van der Waals surface area contributed by atoms with Gasteiger partial charge in [0.25, 0.3) is 0 Å². The SMILES string of the molecule is N=C(N)Cc1ccc(OCCF)cc1. The number of rotatable bonds is 5. The first-order valence-corrected chi connectivity index (χ1v) is 4.33. The van der Waals surface area contributed by atoms with E-state index in [4.69, 9.17) is 15.9 Å². The van der Waals surface area contributed by atoms with Crippen LogP contribution in [0.2, 0.25) is 0 Å². The number of alkyl halides is 1. The molecule has 1 rings (SSSR count). The number of nitrogens with two attached hydrogens (primary N) is 1. The van der Waals surface area contributed by atoms with E-state index in [1.54, 1.807) is 12.1 Å². The normalized spacial score (nSPS) is 9.79. The van der Waals surface area contributed by atoms with E-state index in [0.717, 1.165) is 5.56 Å². The van der Waals surface area contributed by atoms with Gasteiger partial charge in [0.05, 0.1) is 5.84 Å². The molecule has 0 aliphatic carbocycles. The number of nitrogens with one attached hydrogen (secondary N) is 1. The highest BCUT2D eigenvalue weighted by Crippen LogP contribution is 2.12. The van der Waals surface area contributed by atoms with Gasteiger partial charge in [-0.15, -0.1) is 0 Å². The summed E-state index contributed by atoms with van der Waals surface area (Å²) in [5, 5.41) is 7.09. The van der Waals surface area contributed by atoms with Crippen molar-refractivity contribution in [3.8, 4) is 5.75 Å². The Morgan fingerprint density at radius 3 is 2.50 bits per heavy atom. The van der Waals surface area contributed by atoms with Crippen LogP contribution in [0.15, 0.2) is 24.3 Å². The van der Waals surface area contributed by atoms with E-state index >= 15 is 0 Å². The number of hydrogen-bond donors (Lipinski definition) is 2. The zero-order valence-electron chi connectivity index (χ0n) is 7.79. The fourth-order valence-electron chi connectivity index (χ4n) is 1.08. The summed E-state index contributed by atoms with van der Waals surface area (Å²) in [6.07, 6.45) is 0.434. The molecule has 3 nitrogen and oxygen atoms in total. The molecule has 0 amide bonds. The Hall–Kier alpha value is -1.58. The number of ether oxygens (including phenoxy) is 1. The van der Waals surface area contributed by atoms with Crippen LogP contribution in [0.1, 0.15) is 5.56 Å². The van der Waals surface area contributed by atoms with Crippen molar-refractivity contribution in [3.05, 3.63) is 29.8 Å². The molecule has 0 heterocycles. The van der Waals surface area contributed by atoms with Crippen LogP contribution in [0.5, 0.6) is 5.75 Å². The summed E-state index contributed by atoms with van der Waals surface area (Å²) in [6, 6.07) is 7.12. The minimum atomic E-state index is -0.491. The zero-order chi connectivity index (χ0) is 10.4. The second-order valence-electron chi connectivity index (χ2n) is 2.88. The van der Waals surface area contributed by atoms with Crippen molar-refractivity contribution in [1.29, 1.82) is 5.41 Å². The molecular formula is C10H13FN2O. The molecule has 0 spiro atoms. The maximum Gasteiger partial charge on any atom is 0.123 e. The van der Waals surface area contributed by atoms with Crippen molar-refractivity contribution in [1.82, 2.24) is 0 Å². The van der Waals surface area contributed by atoms with Gasteiger partial charge >= 0.3 is 0 Å². The number of halogens is 1. The van der Waals surface area contributed by atoms with Crippen molar-refractivity contribution in [2.45, 2.75) is 6.42 Å². The molecule has 0 aromatic heterocycles. The van der Waals surface area contributed by atoms with Crippen LogP contribution in [0.25, 0.3) is 0 Å². The molecule has 0 atom stereocenters. The highest BCUT2D eigenvalue weighted by atomic mass is 19.1. The topological polar surface area (TPSA) is 59.1 Å². The summed E-state index contributed by atoms with van der Waals surface area (Å²) < 4.78 is 16.8. The molecule has 0 saturated heterocycles. The third-order valence-electron chi connectivity index (χ3n) is 1.66. The summed E-state index contributed by atoms with van der Waals surface area (Å²) >= 11 is 0. The summed E-state index contributed by atoms with van der Waals surface area (Å²) in [7, 11) is 0. The number of hydrogen-bond acceptors (Lipinski definition) is 2. The van der Waals surface area contributed by atoms with Gasteiger partial charge in [-0.25, -0.2) is 4.39 Å². The van der Waals surface area contributed by atoms with E-state index in [1.807, 2.05) is 12.1 Å². The van der Waals surface area contributed by atoms with E-state index in [9.17, 15) is 4.39 Å². The Bertz CT molecular complexity index is 297. The highest BCUT2D eigenvalue weighted by molar-refractivity contribution is 5.79. The third-order valence-corrected chi connectivity index (χ3v) is 1.66. The van der Waals surface area contributed by atoms with Gasteiger partial charge in [0, 0.05) is 6.42 Å². The molecule has 1 aromatic rings. The molecule has 14 heavy (non-hydrogen) atoms. The Morgan fingerprint density at radius 1 is 1.36 bits per heavy atom. The van der Waals surface area contributed by atoms with Gasteiger partial charge in [-0.1, -0.05) is 12.1 Å². The second-order valence-corrected chi connectivity index (χ2v) is 2.88. The minimum Gasteiger partial charge on any atom is -0.491 e. The fourth-order valence-corrected chi connectivity index (χ4v) is 1.08. The smallest absolute Gasteiger partial charge is 0.123 e. The average molecular weight is 196 g/mol. The molecule has 76 valence electrons. The number of benzene rings is 1. The summed E-state index contributed by atoms with van der Waals surface area (Å²) in [6.45, 7) is -0.415. The van der Waals surface area contributed by atoms with Crippen molar-refractivity contribution >= 4 is 5.84 Å². The Kier molecular flexibility index (Phi) is 3.91. The van der Waals surface area contributed by atoms with Crippen molar-refractivity contribution in [2.24, 2.45) is 5.73 Å². The Balaban J connectivity index is 2.54. The zero-order valence-corrected chi connectivity index (χ0v) is 7.79. The lowest BCUT2D eigenvalue weighted by atomic mass is 10.1. The summed E-state index contributed by atoms with van der Waals surface area (Å²) in [5.74, 6) is 0.761. The van der Waals surface area contributed by atoms with Crippen LogP contribution in [0.3, 0.4) is 0 Å². The highest BCUT2D eigenvalue weighted by Gasteiger charge is 1.96. The molecular weight excluding hydrogens is 183 g/mol. The van der Waals surface area contributed by atoms with Gasteiger partial charge < -0.3 is 10.5 Å². The molecule has 0 bridgehead atoms. The van der Waals surface area contributed by atoms with Gasteiger partial charge in [0.15, 0.2) is 0 Å². The molecule has 0 aliphatic heterocycles. The monoisotopic (exact) mass is 196 g/mol. The lowest BCUT2D eigenvalue weighted by Crippen LogP contribution is -2.12. The van der Waals surface area contributed by atoms with Crippen LogP contribution in [0.4, 0.5) is 4.39 Å². The summed E-state index contributed by atoms with van der Waals surface area (Å²) in [4.78, 5) is 0. The molecule has 4 heteroatoms. The summed E-state index contributed by atoms with van der Waals surface area (Å²) in [5.41, 5.74) is 6.19. The molecule has 3 N–H and O–H groups in total. The predicted molar refractivity (Wildman–Crippen MR) is 53.5 cm³/mol. The van der Waals surface area contributed by atoms with Crippen LogP contribution in [0, 0.1) is 5.41 Å². The average Bonchev–Trinajstić information content (AvgIpc) is 2.16. The quantitative estimate of drug-likeness (QED) is 0.554. The van der Waals surface area contributed by atoms with E-state index in [0.29, 0.717) is 12.2 Å². The number of amidine groups is 1. The van der Waals surface area contributed by atoms with Crippen LogP contribution in [-0.4, -0.2) is 19.1 Å². The van der Waals surface area contributed by atoms with E-state index < -0.39 is 6.67 Å². The first-order chi connectivity index (χ1) is 6.72. The maximum absolute atomic E-state index is 11.8. The van der Waals surface area contributed by atoms with Gasteiger partial charge in [0.2, 0.25) is 0 Å². The van der Waals surface area contributed by atoms with Crippen LogP contribution < -0.4 is 10.5 Å². The van der Waals surface area contributed by atoms with Crippen LogP contribution in [-0.2, 0) is 6.42 Å². The molecule has 0 aliphatic rings. The second kappa shape index (κ2) is 5.21. The lowest BCUT2D eigenvalue weighted by Gasteiger charge is -2.04. The predicted octanol–water partition coefficient (Wildman–Crippen LogP) is 1.51. The van der Waals surface area contributed by atoms with Crippen molar-refractivity contribution in [2.75, 3.05) is 13.3 Å². The fraction of sp³-hybridized carbons (Fsp3) is 0.300. The molecule has 0 fully saturated rings. The van der Waals surface area contributed by atoms with Crippen molar-refractivity contribution in [3.63, 3.8) is 0 Å². The van der Waals surface area contributed by atoms with E-state index in [-0.39, 0.29) is 12.4 Å². The maximum atomic E-state index is 11.8. The molecule has 0 radical (unpaired) electrons. The van der Waals surface area contributed by atoms with Gasteiger partial charge in [-0.3, -0.25) is 5.41 Å². The van der Waals surface area contributed by atoms with E-state index in [2.05, 4.69) is 0 Å². The Labute approximate surface area is 82.2 Å². The molecule has 0 unspecified atom stereocenters. The molecule has 0 saturated carbocycles. The molecule has 1 aromatic carbocycles. The first-order valence-electron chi connectivity index (χ1n) is 4.33. The minimum absolute atomic E-state index is 0.0755. The van der Waals surface area contributed by atoms with Gasteiger partial charge in [0.1, 0.15) is 19.0 Å². The largest absolute Gasteiger partial charge is 0.491 e. The third kappa shape index (κ3) is 3.43. The van der Waals surface area contributed by atoms with E-state index in [1.165, 1.54) is 0 Å².